The zero-order valence-electron chi connectivity index (χ0n) is 15.5. The summed E-state index contributed by atoms with van der Waals surface area (Å²) in [6, 6.07) is 17.1. The number of nitrogens with zero attached hydrogens (tertiary/aromatic N) is 4. The van der Waals surface area contributed by atoms with Crippen LogP contribution in [0.25, 0.3) is 11.0 Å². The van der Waals surface area contributed by atoms with Crippen molar-refractivity contribution in [1.82, 2.24) is 19.7 Å². The van der Waals surface area contributed by atoms with Crippen molar-refractivity contribution in [2.24, 2.45) is 7.05 Å². The average molecular weight is 389 g/mol. The minimum Gasteiger partial charge on any atom is -0.322 e. The molecule has 6 nitrogen and oxygen atoms in total. The number of nitrogens with one attached hydrogen (secondary N) is 1. The van der Waals surface area contributed by atoms with Crippen LogP contribution in [0.5, 0.6) is 0 Å². The number of carbonyl (C=O) groups excluding carboxylic acids is 1. The van der Waals surface area contributed by atoms with Crippen LogP contribution in [-0.4, -0.2) is 25.7 Å². The SMILES string of the molecule is C[C@H](Sc1ncnc2c1cnn2C)c1cccc(NC(=O)c2ccccc2)c1. The number of rotatable bonds is 5. The van der Waals surface area contributed by atoms with Gasteiger partial charge in [0.2, 0.25) is 0 Å². The zero-order chi connectivity index (χ0) is 19.5. The third-order valence-electron chi connectivity index (χ3n) is 4.43. The number of fused-ring (bicyclic) bond motifs is 1. The number of carbonyl (C=O) groups is 1. The molecular formula is C21H19N5OS. The predicted molar refractivity (Wildman–Crippen MR) is 111 cm³/mol. The van der Waals surface area contributed by atoms with Crippen LogP contribution in [0.1, 0.15) is 28.1 Å². The molecule has 0 aliphatic carbocycles. The van der Waals surface area contributed by atoms with E-state index in [1.807, 2.05) is 43.4 Å². The van der Waals surface area contributed by atoms with Crippen LogP contribution >= 0.6 is 11.8 Å². The van der Waals surface area contributed by atoms with Crippen LogP contribution in [0.15, 0.2) is 72.1 Å². The Kier molecular flexibility index (Phi) is 5.08. The normalized spacial score (nSPS) is 12.1. The molecule has 2 aromatic heterocycles. The van der Waals surface area contributed by atoms with Gasteiger partial charge in [0.1, 0.15) is 11.4 Å². The van der Waals surface area contributed by atoms with Gasteiger partial charge in [0.25, 0.3) is 5.91 Å². The van der Waals surface area contributed by atoms with Gasteiger partial charge in [-0.25, -0.2) is 9.97 Å². The van der Waals surface area contributed by atoms with Crippen molar-refractivity contribution in [3.8, 4) is 0 Å². The Morgan fingerprint density at radius 3 is 2.75 bits per heavy atom. The smallest absolute Gasteiger partial charge is 0.255 e. The van der Waals surface area contributed by atoms with E-state index >= 15 is 0 Å². The van der Waals surface area contributed by atoms with Crippen LogP contribution in [0.2, 0.25) is 0 Å². The first kappa shape index (κ1) is 18.2. The molecule has 7 heteroatoms. The predicted octanol–water partition coefficient (Wildman–Crippen LogP) is 4.47. The molecule has 0 saturated carbocycles. The van der Waals surface area contributed by atoms with Crippen molar-refractivity contribution in [3.05, 3.63) is 78.2 Å². The van der Waals surface area contributed by atoms with Gasteiger partial charge in [-0.1, -0.05) is 42.1 Å². The van der Waals surface area contributed by atoms with Crippen molar-refractivity contribution in [2.75, 3.05) is 5.32 Å². The quantitative estimate of drug-likeness (QED) is 0.403. The summed E-state index contributed by atoms with van der Waals surface area (Å²) in [5.74, 6) is -0.120. The number of amides is 1. The third kappa shape index (κ3) is 3.75. The molecule has 0 saturated heterocycles. The van der Waals surface area contributed by atoms with Crippen molar-refractivity contribution < 1.29 is 4.79 Å². The summed E-state index contributed by atoms with van der Waals surface area (Å²) >= 11 is 1.65. The van der Waals surface area contributed by atoms with Gasteiger partial charge in [-0.05, 0) is 36.8 Å². The highest BCUT2D eigenvalue weighted by Crippen LogP contribution is 2.37. The van der Waals surface area contributed by atoms with Crippen molar-refractivity contribution in [3.63, 3.8) is 0 Å². The fourth-order valence-electron chi connectivity index (χ4n) is 2.93. The minimum absolute atomic E-state index is 0.120. The Balaban J connectivity index is 1.53. The monoisotopic (exact) mass is 389 g/mol. The van der Waals surface area contributed by atoms with Gasteiger partial charge in [-0.3, -0.25) is 9.48 Å². The topological polar surface area (TPSA) is 72.7 Å². The third-order valence-corrected chi connectivity index (χ3v) is 5.61. The summed E-state index contributed by atoms with van der Waals surface area (Å²) in [6.07, 6.45) is 3.36. The van der Waals surface area contributed by atoms with Gasteiger partial charge in [-0.2, -0.15) is 5.10 Å². The molecule has 1 atom stereocenters. The number of hydrogen-bond donors (Lipinski definition) is 1. The second kappa shape index (κ2) is 7.82. The van der Waals surface area contributed by atoms with Crippen LogP contribution < -0.4 is 5.32 Å². The molecule has 0 fully saturated rings. The van der Waals surface area contributed by atoms with Crippen molar-refractivity contribution in [1.29, 1.82) is 0 Å². The molecule has 4 rings (SSSR count). The van der Waals surface area contributed by atoms with Crippen molar-refractivity contribution >= 4 is 34.4 Å². The number of hydrogen-bond acceptors (Lipinski definition) is 5. The molecule has 0 aliphatic heterocycles. The maximum Gasteiger partial charge on any atom is 0.255 e. The largest absolute Gasteiger partial charge is 0.322 e. The number of aromatic nitrogens is 4. The maximum absolute atomic E-state index is 12.4. The van der Waals surface area contributed by atoms with Gasteiger partial charge >= 0.3 is 0 Å². The van der Waals surface area contributed by atoms with E-state index in [1.165, 1.54) is 0 Å². The summed E-state index contributed by atoms with van der Waals surface area (Å²) in [6.45, 7) is 2.12. The van der Waals surface area contributed by atoms with Gasteiger partial charge in [-0.15, -0.1) is 0 Å². The Labute approximate surface area is 167 Å². The lowest BCUT2D eigenvalue weighted by molar-refractivity contribution is 0.102. The molecule has 0 radical (unpaired) electrons. The summed E-state index contributed by atoms with van der Waals surface area (Å²) in [5, 5.41) is 9.21. The lowest BCUT2D eigenvalue weighted by Gasteiger charge is -2.13. The van der Waals surface area contributed by atoms with Crippen LogP contribution in [0, 0.1) is 0 Å². The number of benzene rings is 2. The molecule has 0 bridgehead atoms. The summed E-state index contributed by atoms with van der Waals surface area (Å²) < 4.78 is 1.74. The number of thioether (sulfide) groups is 1. The van der Waals surface area contributed by atoms with E-state index in [0.717, 1.165) is 27.3 Å². The average Bonchev–Trinajstić information content (AvgIpc) is 3.11. The molecule has 0 aliphatic rings. The highest BCUT2D eigenvalue weighted by molar-refractivity contribution is 7.99. The molecule has 2 aromatic carbocycles. The van der Waals surface area contributed by atoms with E-state index in [9.17, 15) is 4.79 Å². The van der Waals surface area contributed by atoms with Gasteiger partial charge in [0, 0.05) is 23.5 Å². The van der Waals surface area contributed by atoms with Gasteiger partial charge < -0.3 is 5.32 Å². The van der Waals surface area contributed by atoms with Gasteiger partial charge in [0.05, 0.1) is 11.6 Å². The van der Waals surface area contributed by atoms with E-state index in [1.54, 1.807) is 41.1 Å². The van der Waals surface area contributed by atoms with Crippen molar-refractivity contribution in [2.45, 2.75) is 17.2 Å². The first-order valence-electron chi connectivity index (χ1n) is 8.87. The number of aryl methyl sites for hydroxylation is 1. The first-order valence-corrected chi connectivity index (χ1v) is 9.75. The molecule has 1 N–H and O–H groups in total. The highest BCUT2D eigenvalue weighted by atomic mass is 32.2. The molecule has 4 aromatic rings. The Morgan fingerprint density at radius 2 is 1.93 bits per heavy atom. The summed E-state index contributed by atoms with van der Waals surface area (Å²) in [5.41, 5.74) is 3.32. The van der Waals surface area contributed by atoms with Crippen LogP contribution in [0.4, 0.5) is 5.69 Å². The van der Waals surface area contributed by atoms with Gasteiger partial charge in [0.15, 0.2) is 5.65 Å². The molecule has 2 heterocycles. The van der Waals surface area contributed by atoms with E-state index < -0.39 is 0 Å². The van der Waals surface area contributed by atoms with Crippen LogP contribution in [0.3, 0.4) is 0 Å². The van der Waals surface area contributed by atoms with E-state index in [0.29, 0.717) is 5.56 Å². The summed E-state index contributed by atoms with van der Waals surface area (Å²) in [7, 11) is 1.87. The lowest BCUT2D eigenvalue weighted by atomic mass is 10.1. The highest BCUT2D eigenvalue weighted by Gasteiger charge is 2.14. The molecule has 140 valence electrons. The number of anilines is 1. The standard InChI is InChI=1S/C21H19N5OS/c1-14(28-21-18-12-24-26(2)19(18)22-13-23-21)16-9-6-10-17(11-16)25-20(27)15-7-4-3-5-8-15/h3-14H,1-2H3,(H,25,27)/t14-/m0/s1. The lowest BCUT2D eigenvalue weighted by Crippen LogP contribution is -2.11. The van der Waals surface area contributed by atoms with E-state index in [4.69, 9.17) is 0 Å². The Hall–Kier alpha value is -3.19. The fourth-order valence-corrected chi connectivity index (χ4v) is 3.93. The molecular weight excluding hydrogens is 370 g/mol. The Bertz CT molecular complexity index is 1130. The second-order valence-corrected chi connectivity index (χ2v) is 7.72. The van der Waals surface area contributed by atoms with E-state index in [-0.39, 0.29) is 11.2 Å². The fraction of sp³-hybridized carbons (Fsp3) is 0.143. The zero-order valence-corrected chi connectivity index (χ0v) is 16.4. The van der Waals surface area contributed by atoms with Crippen LogP contribution in [-0.2, 0) is 7.05 Å². The molecule has 0 unspecified atom stereocenters. The molecule has 28 heavy (non-hydrogen) atoms. The van der Waals surface area contributed by atoms with E-state index in [2.05, 4.69) is 33.4 Å². The Morgan fingerprint density at radius 1 is 1.11 bits per heavy atom. The maximum atomic E-state index is 12.4. The second-order valence-electron chi connectivity index (χ2n) is 6.39. The molecule has 1 amide bonds. The first-order chi connectivity index (χ1) is 13.6. The summed E-state index contributed by atoms with van der Waals surface area (Å²) in [4.78, 5) is 21.1. The minimum atomic E-state index is -0.120. The molecule has 0 spiro atoms.